The molecule has 0 fully saturated rings. The van der Waals surface area contributed by atoms with Crippen LogP contribution in [0.2, 0.25) is 0 Å². The van der Waals surface area contributed by atoms with Gasteiger partial charge in [0.1, 0.15) is 0 Å². The molecule has 0 bridgehead atoms. The van der Waals surface area contributed by atoms with Crippen LogP contribution in [0.1, 0.15) is 5.69 Å². The van der Waals surface area contributed by atoms with Crippen LogP contribution in [-0.4, -0.2) is 10.9 Å². The van der Waals surface area contributed by atoms with Crippen molar-refractivity contribution in [2.75, 3.05) is 5.32 Å². The van der Waals surface area contributed by atoms with E-state index in [-0.39, 0.29) is 5.91 Å². The van der Waals surface area contributed by atoms with Gasteiger partial charge in [-0.05, 0) is 24.5 Å². The van der Waals surface area contributed by atoms with Gasteiger partial charge in [0, 0.05) is 16.4 Å². The fourth-order valence-electron chi connectivity index (χ4n) is 1.23. The van der Waals surface area contributed by atoms with Crippen molar-refractivity contribution in [3.8, 4) is 0 Å². The number of hydrogen-bond acceptors (Lipinski definition) is 4. The monoisotopic (exact) mass is 276 g/mol. The van der Waals surface area contributed by atoms with Crippen molar-refractivity contribution in [1.82, 2.24) is 4.98 Å². The molecule has 1 heterocycles. The zero-order valence-corrected chi connectivity index (χ0v) is 11.4. The number of aryl methyl sites for hydroxylation is 1. The second-order valence-electron chi connectivity index (χ2n) is 3.52. The van der Waals surface area contributed by atoms with Crippen molar-refractivity contribution in [3.63, 3.8) is 0 Å². The number of carbonyl (C=O) groups excluding carboxylic acids is 1. The maximum Gasteiger partial charge on any atom is 0.250 e. The van der Waals surface area contributed by atoms with E-state index in [2.05, 4.69) is 10.3 Å². The second-order valence-corrected chi connectivity index (χ2v) is 5.35. The summed E-state index contributed by atoms with van der Waals surface area (Å²) in [6, 6.07) is 9.89. The van der Waals surface area contributed by atoms with Crippen molar-refractivity contribution in [1.29, 1.82) is 0 Å². The average Bonchev–Trinajstić information content (AvgIpc) is 2.76. The molecule has 1 aromatic heterocycles. The van der Waals surface area contributed by atoms with E-state index < -0.39 is 0 Å². The van der Waals surface area contributed by atoms with Crippen molar-refractivity contribution in [2.24, 2.45) is 0 Å². The fraction of sp³-hybridized carbons (Fsp3) is 0.0769. The highest BCUT2D eigenvalue weighted by molar-refractivity contribution is 8.02. The molecule has 5 heteroatoms. The Morgan fingerprint density at radius 1 is 1.39 bits per heavy atom. The number of aromatic nitrogens is 1. The molecule has 92 valence electrons. The Bertz CT molecular complexity index is 549. The average molecular weight is 276 g/mol. The third-order valence-corrected chi connectivity index (χ3v) is 3.71. The number of amides is 1. The highest BCUT2D eigenvalue weighted by Crippen LogP contribution is 2.18. The highest BCUT2D eigenvalue weighted by Gasteiger charge is 2.01. The summed E-state index contributed by atoms with van der Waals surface area (Å²) in [5.41, 5.74) is 0.915. The van der Waals surface area contributed by atoms with Gasteiger partial charge in [0.15, 0.2) is 5.13 Å². The lowest BCUT2D eigenvalue weighted by Gasteiger charge is -1.96. The summed E-state index contributed by atoms with van der Waals surface area (Å²) in [5.74, 6) is -0.159. The van der Waals surface area contributed by atoms with Crippen molar-refractivity contribution >= 4 is 34.1 Å². The smallest absolute Gasteiger partial charge is 0.250 e. The molecule has 1 N–H and O–H groups in total. The van der Waals surface area contributed by atoms with E-state index in [1.807, 2.05) is 42.6 Å². The van der Waals surface area contributed by atoms with Crippen molar-refractivity contribution in [3.05, 3.63) is 52.9 Å². The molecule has 2 aromatic rings. The van der Waals surface area contributed by atoms with E-state index >= 15 is 0 Å². The van der Waals surface area contributed by atoms with E-state index in [4.69, 9.17) is 0 Å². The number of carbonyl (C=O) groups is 1. The topological polar surface area (TPSA) is 42.0 Å². The van der Waals surface area contributed by atoms with E-state index in [1.165, 1.54) is 29.2 Å². The van der Waals surface area contributed by atoms with Crippen molar-refractivity contribution < 1.29 is 4.79 Å². The maximum absolute atomic E-state index is 11.6. The molecule has 0 atom stereocenters. The number of thioether (sulfide) groups is 1. The van der Waals surface area contributed by atoms with Crippen LogP contribution in [-0.2, 0) is 4.79 Å². The van der Waals surface area contributed by atoms with E-state index in [9.17, 15) is 4.79 Å². The van der Waals surface area contributed by atoms with Crippen LogP contribution in [0, 0.1) is 6.92 Å². The third kappa shape index (κ3) is 4.01. The quantitative estimate of drug-likeness (QED) is 0.684. The van der Waals surface area contributed by atoms with Gasteiger partial charge in [0.2, 0.25) is 0 Å². The van der Waals surface area contributed by atoms with Gasteiger partial charge in [-0.15, -0.1) is 11.3 Å². The molecule has 0 aliphatic rings. The summed E-state index contributed by atoms with van der Waals surface area (Å²) in [5, 5.41) is 7.02. The lowest BCUT2D eigenvalue weighted by Crippen LogP contribution is -2.07. The van der Waals surface area contributed by atoms with Crippen LogP contribution in [0.3, 0.4) is 0 Å². The zero-order valence-electron chi connectivity index (χ0n) is 9.79. The van der Waals surface area contributed by atoms with E-state index in [1.54, 1.807) is 5.41 Å². The molecule has 3 nitrogen and oxygen atoms in total. The van der Waals surface area contributed by atoms with Gasteiger partial charge in [0.05, 0.1) is 5.69 Å². The Balaban J connectivity index is 1.84. The lowest BCUT2D eigenvalue weighted by molar-refractivity contribution is -0.111. The number of benzene rings is 1. The van der Waals surface area contributed by atoms with Gasteiger partial charge in [-0.3, -0.25) is 10.1 Å². The molecule has 1 aromatic carbocycles. The number of hydrogen-bond donors (Lipinski definition) is 1. The highest BCUT2D eigenvalue weighted by atomic mass is 32.2. The summed E-state index contributed by atoms with van der Waals surface area (Å²) >= 11 is 2.93. The number of nitrogens with one attached hydrogen (secondary N) is 1. The molecule has 1 amide bonds. The minimum absolute atomic E-state index is 0.159. The van der Waals surface area contributed by atoms with Crippen LogP contribution < -0.4 is 5.32 Å². The molecule has 0 saturated carbocycles. The predicted molar refractivity (Wildman–Crippen MR) is 76.9 cm³/mol. The number of nitrogens with zero attached hydrogens (tertiary/aromatic N) is 1. The Hall–Kier alpha value is -1.59. The molecule has 0 unspecified atom stereocenters. The predicted octanol–water partition coefficient (Wildman–Crippen LogP) is 3.70. The number of thiazole rings is 1. The summed E-state index contributed by atoms with van der Waals surface area (Å²) < 4.78 is 0. The van der Waals surface area contributed by atoms with Gasteiger partial charge in [-0.1, -0.05) is 30.0 Å². The molecule has 0 aliphatic carbocycles. The van der Waals surface area contributed by atoms with Crippen LogP contribution in [0.25, 0.3) is 0 Å². The molecular weight excluding hydrogens is 264 g/mol. The molecule has 0 saturated heterocycles. The molecule has 2 rings (SSSR count). The molecule has 0 aliphatic heterocycles. The maximum atomic E-state index is 11.6. The molecule has 0 spiro atoms. The first kappa shape index (κ1) is 12.9. The van der Waals surface area contributed by atoms with Gasteiger partial charge in [-0.2, -0.15) is 0 Å². The van der Waals surface area contributed by atoms with Gasteiger partial charge < -0.3 is 0 Å². The van der Waals surface area contributed by atoms with Crippen LogP contribution in [0.15, 0.2) is 52.1 Å². The first-order valence-corrected chi connectivity index (χ1v) is 7.11. The van der Waals surface area contributed by atoms with Crippen LogP contribution in [0.4, 0.5) is 5.13 Å². The Kier molecular flexibility index (Phi) is 4.55. The lowest BCUT2D eigenvalue weighted by atomic mass is 10.4. The first-order valence-electron chi connectivity index (χ1n) is 5.35. The Morgan fingerprint density at radius 2 is 2.17 bits per heavy atom. The van der Waals surface area contributed by atoms with Crippen LogP contribution >= 0.6 is 23.1 Å². The number of anilines is 1. The van der Waals surface area contributed by atoms with Gasteiger partial charge >= 0.3 is 0 Å². The van der Waals surface area contributed by atoms with Gasteiger partial charge in [0.25, 0.3) is 5.91 Å². The minimum Gasteiger partial charge on any atom is -0.298 e. The first-order chi connectivity index (χ1) is 8.74. The third-order valence-electron chi connectivity index (χ3n) is 2.02. The SMILES string of the molecule is Cc1csc(NC(=O)C=CSc2ccccc2)n1. The molecular formula is C13H12N2OS2. The fourth-order valence-corrected chi connectivity index (χ4v) is 2.59. The Morgan fingerprint density at radius 3 is 2.83 bits per heavy atom. The minimum atomic E-state index is -0.159. The summed E-state index contributed by atoms with van der Waals surface area (Å²) in [7, 11) is 0. The second kappa shape index (κ2) is 6.37. The molecule has 18 heavy (non-hydrogen) atoms. The molecule has 0 radical (unpaired) electrons. The summed E-state index contributed by atoms with van der Waals surface area (Å²) in [6.07, 6.45) is 1.51. The summed E-state index contributed by atoms with van der Waals surface area (Å²) in [4.78, 5) is 16.8. The zero-order chi connectivity index (χ0) is 12.8. The standard InChI is InChI=1S/C13H12N2OS2/c1-10-9-18-13(14-10)15-12(16)7-8-17-11-5-3-2-4-6-11/h2-9H,1H3,(H,14,15,16). The number of rotatable bonds is 4. The largest absolute Gasteiger partial charge is 0.298 e. The van der Waals surface area contributed by atoms with E-state index in [0.717, 1.165) is 10.6 Å². The summed E-state index contributed by atoms with van der Waals surface area (Å²) in [6.45, 7) is 1.90. The van der Waals surface area contributed by atoms with Crippen LogP contribution in [0.5, 0.6) is 0 Å². The Labute approximate surface area is 114 Å². The van der Waals surface area contributed by atoms with Crippen molar-refractivity contribution in [2.45, 2.75) is 11.8 Å². The van der Waals surface area contributed by atoms with Gasteiger partial charge in [-0.25, -0.2) is 4.98 Å². The van der Waals surface area contributed by atoms with E-state index in [0.29, 0.717) is 5.13 Å². The normalized spacial score (nSPS) is 10.7.